The van der Waals surface area contributed by atoms with Crippen molar-refractivity contribution in [2.75, 3.05) is 33.2 Å². The summed E-state index contributed by atoms with van der Waals surface area (Å²) in [7, 11) is 2.05. The summed E-state index contributed by atoms with van der Waals surface area (Å²) in [6, 6.07) is 6.75. The van der Waals surface area contributed by atoms with Gasteiger partial charge in [0, 0.05) is 31.1 Å². The molecule has 0 aromatic heterocycles. The molecule has 7 heteroatoms. The lowest BCUT2D eigenvalue weighted by molar-refractivity contribution is 0.0663. The number of nitrogens with one attached hydrogen (secondary N) is 1. The van der Waals surface area contributed by atoms with Gasteiger partial charge in [-0.1, -0.05) is 23.3 Å². The molecule has 2 rings (SSSR count). The van der Waals surface area contributed by atoms with Crippen LogP contribution in [0.5, 0.6) is 0 Å². The Kier molecular flexibility index (Phi) is 4.35. The van der Waals surface area contributed by atoms with Gasteiger partial charge in [0.25, 0.3) is 5.91 Å². The predicted octanol–water partition coefficient (Wildman–Crippen LogP) is 1.52. The largest absolute Gasteiger partial charge is 0.304 e. The fourth-order valence-electron chi connectivity index (χ4n) is 1.92. The minimum atomic E-state index is -0.243. The zero-order valence-corrected chi connectivity index (χ0v) is 10.8. The summed E-state index contributed by atoms with van der Waals surface area (Å²) in [5.74, 6) is -0.243. The van der Waals surface area contributed by atoms with E-state index in [0.717, 1.165) is 26.2 Å². The van der Waals surface area contributed by atoms with Gasteiger partial charge in [-0.15, -0.1) is 0 Å². The van der Waals surface area contributed by atoms with Crippen LogP contribution in [-0.2, 0) is 0 Å². The van der Waals surface area contributed by atoms with Crippen molar-refractivity contribution >= 4 is 11.6 Å². The van der Waals surface area contributed by atoms with Crippen LogP contribution in [0.1, 0.15) is 10.4 Å². The third kappa shape index (κ3) is 3.45. The Labute approximate surface area is 111 Å². The highest BCUT2D eigenvalue weighted by atomic mass is 16.2. The van der Waals surface area contributed by atoms with Gasteiger partial charge < -0.3 is 4.90 Å². The van der Waals surface area contributed by atoms with Gasteiger partial charge in [-0.05, 0) is 18.6 Å². The maximum Gasteiger partial charge on any atom is 0.266 e. The molecule has 1 N–H and O–H groups in total. The quantitative estimate of drug-likeness (QED) is 0.508. The second-order valence-corrected chi connectivity index (χ2v) is 4.44. The summed E-state index contributed by atoms with van der Waals surface area (Å²) in [6.45, 7) is 3.40. The highest BCUT2D eigenvalue weighted by Crippen LogP contribution is 2.18. The van der Waals surface area contributed by atoms with Crippen LogP contribution in [0.3, 0.4) is 0 Å². The number of hydrogen-bond acceptors (Lipinski definition) is 4. The maximum absolute atomic E-state index is 12.1. The second-order valence-electron chi connectivity index (χ2n) is 4.44. The zero-order chi connectivity index (χ0) is 13.7. The summed E-state index contributed by atoms with van der Waals surface area (Å²) in [6.07, 6.45) is 0. The predicted molar refractivity (Wildman–Crippen MR) is 71.8 cm³/mol. The van der Waals surface area contributed by atoms with Crippen molar-refractivity contribution in [2.24, 2.45) is 5.11 Å². The number of carbonyl (C=O) groups excluding carboxylic acids is 1. The number of piperazine rings is 1. The number of likely N-dealkylation sites (N-methyl/N-ethyl adjacent to an activating group) is 1. The Morgan fingerprint density at radius 1 is 1.32 bits per heavy atom. The SMILES string of the molecule is CN1CCN(NC(=O)c2ccccc2N=[N+]=[N-])CC1. The van der Waals surface area contributed by atoms with E-state index >= 15 is 0 Å². The molecule has 1 saturated heterocycles. The number of nitrogens with zero attached hydrogens (tertiary/aromatic N) is 5. The first-order valence-electron chi connectivity index (χ1n) is 6.09. The molecular weight excluding hydrogens is 244 g/mol. The van der Waals surface area contributed by atoms with Crippen molar-refractivity contribution in [3.05, 3.63) is 40.3 Å². The van der Waals surface area contributed by atoms with Gasteiger partial charge in [0.05, 0.1) is 11.3 Å². The number of carbonyl (C=O) groups is 1. The summed E-state index contributed by atoms with van der Waals surface area (Å²) >= 11 is 0. The molecule has 1 aliphatic rings. The van der Waals surface area contributed by atoms with E-state index in [1.54, 1.807) is 24.3 Å². The lowest BCUT2D eigenvalue weighted by Crippen LogP contribution is -2.52. The third-order valence-electron chi connectivity index (χ3n) is 3.06. The molecule has 0 atom stereocenters. The first-order valence-corrected chi connectivity index (χ1v) is 6.09. The number of hydrazine groups is 1. The number of rotatable bonds is 3. The Balaban J connectivity index is 2.06. The highest BCUT2D eigenvalue weighted by Gasteiger charge is 2.17. The van der Waals surface area contributed by atoms with E-state index in [-0.39, 0.29) is 5.91 Å². The Hall–Kier alpha value is -2.08. The molecule has 0 unspecified atom stereocenters. The molecule has 0 radical (unpaired) electrons. The van der Waals surface area contributed by atoms with Crippen molar-refractivity contribution in [3.63, 3.8) is 0 Å². The van der Waals surface area contributed by atoms with E-state index in [9.17, 15) is 4.79 Å². The van der Waals surface area contributed by atoms with Crippen molar-refractivity contribution < 1.29 is 4.79 Å². The van der Waals surface area contributed by atoms with Gasteiger partial charge in [-0.2, -0.15) is 0 Å². The fourth-order valence-corrected chi connectivity index (χ4v) is 1.92. The minimum absolute atomic E-state index is 0.243. The van der Waals surface area contributed by atoms with Crippen molar-refractivity contribution in [1.29, 1.82) is 0 Å². The van der Waals surface area contributed by atoms with E-state index in [1.807, 2.05) is 5.01 Å². The van der Waals surface area contributed by atoms with Gasteiger partial charge in [-0.3, -0.25) is 10.2 Å². The molecular formula is C12H16N6O. The second kappa shape index (κ2) is 6.19. The third-order valence-corrected chi connectivity index (χ3v) is 3.06. The van der Waals surface area contributed by atoms with Crippen LogP contribution in [0.15, 0.2) is 29.4 Å². The molecule has 1 aliphatic heterocycles. The number of benzene rings is 1. The van der Waals surface area contributed by atoms with Crippen LogP contribution < -0.4 is 5.43 Å². The van der Waals surface area contributed by atoms with Crippen LogP contribution in [-0.4, -0.2) is 49.0 Å². The zero-order valence-electron chi connectivity index (χ0n) is 10.8. The lowest BCUT2D eigenvalue weighted by Gasteiger charge is -2.32. The lowest BCUT2D eigenvalue weighted by atomic mass is 10.2. The first kappa shape index (κ1) is 13.4. The molecule has 7 nitrogen and oxygen atoms in total. The first-order chi connectivity index (χ1) is 9.20. The molecule has 1 aromatic rings. The molecule has 0 aliphatic carbocycles. The molecule has 100 valence electrons. The highest BCUT2D eigenvalue weighted by molar-refractivity contribution is 5.98. The van der Waals surface area contributed by atoms with Crippen molar-refractivity contribution in [3.8, 4) is 0 Å². The van der Waals surface area contributed by atoms with Gasteiger partial charge >= 0.3 is 0 Å². The van der Waals surface area contributed by atoms with Gasteiger partial charge in [-0.25, -0.2) is 5.01 Å². The summed E-state index contributed by atoms with van der Waals surface area (Å²) in [5.41, 5.74) is 12.1. The van der Waals surface area contributed by atoms with Gasteiger partial charge in [0.1, 0.15) is 0 Å². The van der Waals surface area contributed by atoms with Gasteiger partial charge in [0.2, 0.25) is 0 Å². The number of hydrogen-bond donors (Lipinski definition) is 1. The molecule has 1 heterocycles. The summed E-state index contributed by atoms with van der Waals surface area (Å²) < 4.78 is 0. The van der Waals surface area contributed by atoms with E-state index in [2.05, 4.69) is 27.4 Å². The Morgan fingerprint density at radius 3 is 2.68 bits per heavy atom. The maximum atomic E-state index is 12.1. The molecule has 1 fully saturated rings. The minimum Gasteiger partial charge on any atom is -0.304 e. The summed E-state index contributed by atoms with van der Waals surface area (Å²) in [4.78, 5) is 17.1. The Bertz CT molecular complexity index is 503. The molecule has 1 aromatic carbocycles. The fraction of sp³-hybridized carbons (Fsp3) is 0.417. The Morgan fingerprint density at radius 2 is 2.00 bits per heavy atom. The number of azide groups is 1. The smallest absolute Gasteiger partial charge is 0.266 e. The number of amides is 1. The molecule has 0 bridgehead atoms. The monoisotopic (exact) mass is 260 g/mol. The van der Waals surface area contributed by atoms with E-state index in [1.165, 1.54) is 0 Å². The molecule has 19 heavy (non-hydrogen) atoms. The van der Waals surface area contributed by atoms with E-state index in [0.29, 0.717) is 11.3 Å². The van der Waals surface area contributed by atoms with Crippen molar-refractivity contribution in [2.45, 2.75) is 0 Å². The standard InChI is InChI=1S/C12H16N6O/c1-17-6-8-18(9-7-17)15-12(19)10-4-2-3-5-11(10)14-16-13/h2-5H,6-9H2,1H3,(H,15,19). The van der Waals surface area contributed by atoms with Crippen LogP contribution in [0.2, 0.25) is 0 Å². The average molecular weight is 260 g/mol. The molecule has 0 spiro atoms. The normalized spacial score (nSPS) is 16.7. The van der Waals surface area contributed by atoms with Crippen LogP contribution in [0, 0.1) is 0 Å². The topological polar surface area (TPSA) is 84.3 Å². The van der Waals surface area contributed by atoms with Gasteiger partial charge in [0.15, 0.2) is 0 Å². The summed E-state index contributed by atoms with van der Waals surface area (Å²) in [5, 5.41) is 5.41. The van der Waals surface area contributed by atoms with Crippen LogP contribution in [0.4, 0.5) is 5.69 Å². The van der Waals surface area contributed by atoms with E-state index < -0.39 is 0 Å². The van der Waals surface area contributed by atoms with E-state index in [4.69, 9.17) is 5.53 Å². The van der Waals surface area contributed by atoms with Crippen LogP contribution in [0.25, 0.3) is 10.4 Å². The average Bonchev–Trinajstić information content (AvgIpc) is 2.42. The molecule has 1 amide bonds. The van der Waals surface area contributed by atoms with Crippen LogP contribution >= 0.6 is 0 Å². The van der Waals surface area contributed by atoms with Crippen molar-refractivity contribution in [1.82, 2.24) is 15.3 Å². The molecule has 0 saturated carbocycles.